The molecule has 2 heterocycles. The molecule has 1 spiro atoms. The number of aromatic amines is 1. The number of halogens is 1. The Labute approximate surface area is 230 Å². The van der Waals surface area contributed by atoms with Crippen molar-refractivity contribution >= 4 is 28.7 Å². The molecule has 0 radical (unpaired) electrons. The van der Waals surface area contributed by atoms with Gasteiger partial charge in [0.2, 0.25) is 0 Å². The number of allylic oxidation sites excluding steroid dienone is 1. The van der Waals surface area contributed by atoms with E-state index in [2.05, 4.69) is 84.4 Å². The lowest BCUT2D eigenvalue weighted by Gasteiger charge is -2.48. The number of fused-ring (bicyclic) bond motifs is 3. The average Bonchev–Trinajstić information content (AvgIpc) is 3.66. The van der Waals surface area contributed by atoms with Crippen molar-refractivity contribution < 1.29 is 0 Å². The molecule has 1 saturated carbocycles. The molecular weight excluding hydrogens is 486 g/mol. The van der Waals surface area contributed by atoms with Crippen LogP contribution in [0.3, 0.4) is 0 Å². The van der Waals surface area contributed by atoms with Crippen LogP contribution in [0, 0.1) is 5.92 Å². The fraction of sp³-hybridized carbons (Fsp3) is 0.382. The largest absolute Gasteiger partial charge is 0.338 e. The van der Waals surface area contributed by atoms with Crippen LogP contribution in [0.2, 0.25) is 5.02 Å². The molecule has 2 aliphatic carbocycles. The summed E-state index contributed by atoms with van der Waals surface area (Å²) in [6.45, 7) is 7.28. The van der Waals surface area contributed by atoms with Crippen LogP contribution >= 0.6 is 11.6 Å². The fourth-order valence-corrected chi connectivity index (χ4v) is 7.97. The zero-order valence-electron chi connectivity index (χ0n) is 22.4. The van der Waals surface area contributed by atoms with E-state index in [1.165, 1.54) is 56.3 Å². The smallest absolute Gasteiger partial charge is 0.138 e. The van der Waals surface area contributed by atoms with Crippen molar-refractivity contribution in [2.75, 3.05) is 13.1 Å². The summed E-state index contributed by atoms with van der Waals surface area (Å²) in [6, 6.07) is 24.7. The predicted molar refractivity (Wildman–Crippen MR) is 159 cm³/mol. The van der Waals surface area contributed by atoms with Crippen molar-refractivity contribution in [3.8, 4) is 11.4 Å². The summed E-state index contributed by atoms with van der Waals surface area (Å²) < 4.78 is 0. The minimum atomic E-state index is 0.224. The van der Waals surface area contributed by atoms with Gasteiger partial charge in [-0.25, -0.2) is 4.98 Å². The van der Waals surface area contributed by atoms with Gasteiger partial charge in [-0.3, -0.25) is 4.90 Å². The monoisotopic (exact) mass is 521 g/mol. The summed E-state index contributed by atoms with van der Waals surface area (Å²) in [7, 11) is 0. The predicted octanol–water partition coefficient (Wildman–Crippen LogP) is 8.39. The first-order valence-corrected chi connectivity index (χ1v) is 14.6. The van der Waals surface area contributed by atoms with Crippen LogP contribution in [0.1, 0.15) is 62.6 Å². The lowest BCUT2D eigenvalue weighted by atomic mass is 9.66. The van der Waals surface area contributed by atoms with Gasteiger partial charge in [-0.2, -0.15) is 0 Å². The standard InChI is InChI=1S/C34H36ClN3/c1-3-25-22-38(19-18-34(25)17-14-23-6-4-5-7-29(23)34)28-15-16-33(2,21-28)26-10-8-24(9-11-26)32-36-30-13-12-27(35)20-31(30)37-32/h4-14,17,20,25,28H,3,15-16,18-19,21-22H2,1-2H3,(H,36,37). The third kappa shape index (κ3) is 3.86. The third-order valence-corrected chi connectivity index (χ3v) is 10.3. The Morgan fingerprint density at radius 1 is 1.05 bits per heavy atom. The van der Waals surface area contributed by atoms with Crippen LogP contribution in [0.4, 0.5) is 0 Å². The van der Waals surface area contributed by atoms with Gasteiger partial charge in [0, 0.05) is 28.6 Å². The number of hydrogen-bond donors (Lipinski definition) is 1. The van der Waals surface area contributed by atoms with Crippen molar-refractivity contribution in [1.82, 2.24) is 14.9 Å². The first-order valence-electron chi connectivity index (χ1n) is 14.3. The maximum atomic E-state index is 6.16. The first-order chi connectivity index (χ1) is 18.5. The molecule has 3 aliphatic rings. The molecule has 194 valence electrons. The molecule has 4 unspecified atom stereocenters. The van der Waals surface area contributed by atoms with Gasteiger partial charge in [0.05, 0.1) is 11.0 Å². The number of likely N-dealkylation sites (tertiary alicyclic amines) is 1. The Morgan fingerprint density at radius 3 is 2.74 bits per heavy atom. The first kappa shape index (κ1) is 24.2. The van der Waals surface area contributed by atoms with Crippen LogP contribution in [0.25, 0.3) is 28.5 Å². The quantitative estimate of drug-likeness (QED) is 0.292. The molecule has 1 aliphatic heterocycles. The van der Waals surface area contributed by atoms with E-state index >= 15 is 0 Å². The van der Waals surface area contributed by atoms with Crippen LogP contribution in [0.5, 0.6) is 0 Å². The van der Waals surface area contributed by atoms with E-state index in [1.54, 1.807) is 5.56 Å². The highest BCUT2D eigenvalue weighted by molar-refractivity contribution is 6.31. The second-order valence-corrected chi connectivity index (χ2v) is 12.5. The number of H-pyrrole nitrogens is 1. The average molecular weight is 522 g/mol. The van der Waals surface area contributed by atoms with Crippen LogP contribution in [-0.4, -0.2) is 34.0 Å². The maximum Gasteiger partial charge on any atom is 0.138 e. The van der Waals surface area contributed by atoms with Crippen LogP contribution in [0.15, 0.2) is 72.8 Å². The fourth-order valence-electron chi connectivity index (χ4n) is 7.80. The number of nitrogens with one attached hydrogen (secondary N) is 1. The summed E-state index contributed by atoms with van der Waals surface area (Å²) >= 11 is 6.16. The Bertz CT molecular complexity index is 1520. The highest BCUT2D eigenvalue weighted by Crippen LogP contribution is 2.50. The van der Waals surface area contributed by atoms with E-state index in [0.717, 1.165) is 27.4 Å². The molecule has 2 fully saturated rings. The van der Waals surface area contributed by atoms with E-state index in [-0.39, 0.29) is 10.8 Å². The summed E-state index contributed by atoms with van der Waals surface area (Å²) in [5.41, 5.74) is 7.96. The minimum absolute atomic E-state index is 0.224. The minimum Gasteiger partial charge on any atom is -0.338 e. The normalized spacial score (nSPS) is 28.9. The molecule has 7 rings (SSSR count). The van der Waals surface area contributed by atoms with E-state index in [0.29, 0.717) is 12.0 Å². The van der Waals surface area contributed by atoms with E-state index < -0.39 is 0 Å². The van der Waals surface area contributed by atoms with Crippen molar-refractivity contribution in [3.63, 3.8) is 0 Å². The number of benzene rings is 3. The molecule has 0 bridgehead atoms. The number of piperidine rings is 1. The molecule has 4 atom stereocenters. The topological polar surface area (TPSA) is 31.9 Å². The van der Waals surface area contributed by atoms with Gasteiger partial charge in [0.1, 0.15) is 5.82 Å². The number of imidazole rings is 1. The number of rotatable bonds is 4. The second kappa shape index (κ2) is 9.10. The van der Waals surface area contributed by atoms with Gasteiger partial charge in [-0.05, 0) is 78.5 Å². The summed E-state index contributed by atoms with van der Waals surface area (Å²) in [4.78, 5) is 11.0. The number of hydrogen-bond acceptors (Lipinski definition) is 2. The molecule has 0 amide bonds. The zero-order chi connectivity index (χ0) is 25.9. The molecule has 3 aromatic carbocycles. The number of nitrogens with zero attached hydrogens (tertiary/aromatic N) is 2. The zero-order valence-corrected chi connectivity index (χ0v) is 23.1. The summed E-state index contributed by atoms with van der Waals surface area (Å²) in [6.07, 6.45) is 11.2. The van der Waals surface area contributed by atoms with E-state index in [1.807, 2.05) is 18.2 Å². The Balaban J connectivity index is 1.07. The molecule has 38 heavy (non-hydrogen) atoms. The SMILES string of the molecule is CCC1CN(C2CCC(C)(c3ccc(-c4nc5ccc(Cl)cc5[nH]4)cc3)C2)CCC12C=Cc1ccccc12. The highest BCUT2D eigenvalue weighted by atomic mass is 35.5. The Morgan fingerprint density at radius 2 is 1.89 bits per heavy atom. The molecule has 1 saturated heterocycles. The number of aromatic nitrogens is 2. The molecule has 1 N–H and O–H groups in total. The molecule has 4 heteroatoms. The molecular formula is C34H36ClN3. The van der Waals surface area contributed by atoms with E-state index in [9.17, 15) is 0 Å². The van der Waals surface area contributed by atoms with Gasteiger partial charge in [0.25, 0.3) is 0 Å². The van der Waals surface area contributed by atoms with E-state index in [4.69, 9.17) is 16.6 Å². The molecule has 4 aromatic rings. The lowest BCUT2D eigenvalue weighted by molar-refractivity contribution is 0.0777. The van der Waals surface area contributed by atoms with Gasteiger partial charge in [-0.1, -0.05) is 92.6 Å². The summed E-state index contributed by atoms with van der Waals surface area (Å²) in [5.74, 6) is 1.58. The maximum absolute atomic E-state index is 6.16. The second-order valence-electron chi connectivity index (χ2n) is 12.1. The molecule has 3 nitrogen and oxygen atoms in total. The van der Waals surface area contributed by atoms with Crippen LogP contribution < -0.4 is 0 Å². The van der Waals surface area contributed by atoms with Crippen molar-refractivity contribution in [2.24, 2.45) is 5.92 Å². The highest BCUT2D eigenvalue weighted by Gasteiger charge is 2.47. The Kier molecular flexibility index (Phi) is 5.79. The van der Waals surface area contributed by atoms with Crippen LogP contribution in [-0.2, 0) is 10.8 Å². The Hall–Kier alpha value is -2.88. The molecule has 1 aromatic heterocycles. The van der Waals surface area contributed by atoms with Gasteiger partial charge in [0.15, 0.2) is 0 Å². The van der Waals surface area contributed by atoms with Gasteiger partial charge >= 0.3 is 0 Å². The van der Waals surface area contributed by atoms with Gasteiger partial charge in [-0.15, -0.1) is 0 Å². The summed E-state index contributed by atoms with van der Waals surface area (Å²) in [5, 5.41) is 0.727. The van der Waals surface area contributed by atoms with Crippen molar-refractivity contribution in [2.45, 2.75) is 62.8 Å². The lowest BCUT2D eigenvalue weighted by Crippen LogP contribution is -2.51. The third-order valence-electron chi connectivity index (χ3n) is 10.0. The van der Waals surface area contributed by atoms with Crippen molar-refractivity contribution in [3.05, 3.63) is 94.5 Å². The van der Waals surface area contributed by atoms with Gasteiger partial charge < -0.3 is 4.98 Å². The van der Waals surface area contributed by atoms with Crippen molar-refractivity contribution in [1.29, 1.82) is 0 Å².